The normalized spacial score (nSPS) is 32.2. The Hall–Kier alpha value is -1.32. The van der Waals surface area contributed by atoms with Gasteiger partial charge in [-0.1, -0.05) is 28.1 Å². The first-order valence-corrected chi connectivity index (χ1v) is 10.6. The summed E-state index contributed by atoms with van der Waals surface area (Å²) in [5.41, 5.74) is 3.98. The Morgan fingerprint density at radius 2 is 1.46 bits per heavy atom. The number of aromatic hydroxyl groups is 1. The highest BCUT2D eigenvalue weighted by molar-refractivity contribution is 9.10. The van der Waals surface area contributed by atoms with Crippen molar-refractivity contribution < 1.29 is 10.2 Å². The molecule has 26 heavy (non-hydrogen) atoms. The number of hydrogen-bond donors (Lipinski definition) is 2. The SMILES string of the molecule is OCc1cc(-c2ccc(Br)cc2)cc(C2C3CC4CC(C3)CC2C4)c1O. The summed E-state index contributed by atoms with van der Waals surface area (Å²) in [6, 6.07) is 12.4. The Balaban J connectivity index is 1.60. The number of halogens is 1. The van der Waals surface area contributed by atoms with Gasteiger partial charge >= 0.3 is 0 Å². The van der Waals surface area contributed by atoms with E-state index in [1.165, 1.54) is 32.1 Å². The molecule has 4 aliphatic rings. The molecule has 4 aliphatic carbocycles. The van der Waals surface area contributed by atoms with Crippen molar-refractivity contribution in [2.75, 3.05) is 0 Å². The van der Waals surface area contributed by atoms with Crippen LogP contribution in [0.15, 0.2) is 40.9 Å². The highest BCUT2D eigenvalue weighted by Gasteiger charge is 2.49. The molecule has 0 radical (unpaired) electrons. The molecule has 4 fully saturated rings. The summed E-state index contributed by atoms with van der Waals surface area (Å²) in [5.74, 6) is 4.06. The van der Waals surface area contributed by atoms with E-state index in [1.54, 1.807) is 0 Å². The topological polar surface area (TPSA) is 40.5 Å². The van der Waals surface area contributed by atoms with Gasteiger partial charge in [-0.05, 0) is 103 Å². The number of rotatable bonds is 3. The van der Waals surface area contributed by atoms with E-state index >= 15 is 0 Å². The Morgan fingerprint density at radius 3 is 2.04 bits per heavy atom. The fourth-order valence-corrected chi connectivity index (χ4v) is 6.60. The number of benzene rings is 2. The highest BCUT2D eigenvalue weighted by atomic mass is 79.9. The Bertz CT molecular complexity index is 799. The summed E-state index contributed by atoms with van der Waals surface area (Å²) >= 11 is 3.50. The van der Waals surface area contributed by atoms with Gasteiger partial charge in [0.2, 0.25) is 0 Å². The average Bonchev–Trinajstić information content (AvgIpc) is 2.63. The van der Waals surface area contributed by atoms with E-state index in [4.69, 9.17) is 0 Å². The molecule has 4 saturated carbocycles. The molecule has 0 spiro atoms. The second-order valence-corrected chi connectivity index (χ2v) is 9.61. The standard InChI is InChI=1S/C23H25BrO2/c24-20-3-1-15(2-4-20)16-10-19(12-25)23(26)21(11-16)22-17-6-13-5-14(8-17)9-18(22)7-13/h1-4,10-11,13-14,17-18,22,25-26H,5-9,12H2. The maximum absolute atomic E-state index is 10.9. The van der Waals surface area contributed by atoms with Crippen LogP contribution in [-0.2, 0) is 6.61 Å². The Kier molecular flexibility index (Phi) is 4.13. The van der Waals surface area contributed by atoms with Crippen LogP contribution in [0.4, 0.5) is 0 Å². The molecule has 0 aliphatic heterocycles. The minimum Gasteiger partial charge on any atom is -0.507 e. The zero-order valence-corrected chi connectivity index (χ0v) is 16.5. The van der Waals surface area contributed by atoms with Crippen molar-refractivity contribution in [3.8, 4) is 16.9 Å². The highest BCUT2D eigenvalue weighted by Crippen LogP contribution is 2.61. The third-order valence-electron chi connectivity index (χ3n) is 7.15. The maximum Gasteiger partial charge on any atom is 0.124 e. The van der Waals surface area contributed by atoms with E-state index in [-0.39, 0.29) is 6.61 Å². The van der Waals surface area contributed by atoms with Crippen LogP contribution in [0.1, 0.15) is 49.1 Å². The van der Waals surface area contributed by atoms with Crippen LogP contribution in [0.25, 0.3) is 11.1 Å². The van der Waals surface area contributed by atoms with Gasteiger partial charge in [-0.2, -0.15) is 0 Å². The van der Waals surface area contributed by atoms with Crippen LogP contribution in [0.5, 0.6) is 5.75 Å². The van der Waals surface area contributed by atoms with E-state index in [1.807, 2.05) is 18.2 Å². The van der Waals surface area contributed by atoms with Crippen LogP contribution < -0.4 is 0 Å². The molecule has 0 atom stereocenters. The number of aliphatic hydroxyl groups excluding tert-OH is 1. The van der Waals surface area contributed by atoms with Crippen molar-refractivity contribution >= 4 is 15.9 Å². The molecule has 0 unspecified atom stereocenters. The zero-order valence-electron chi connectivity index (χ0n) is 14.9. The summed E-state index contributed by atoms with van der Waals surface area (Å²) in [7, 11) is 0. The van der Waals surface area contributed by atoms with E-state index in [0.717, 1.165) is 33.0 Å². The van der Waals surface area contributed by atoms with Gasteiger partial charge in [0.05, 0.1) is 6.61 Å². The van der Waals surface area contributed by atoms with E-state index in [0.29, 0.717) is 29.1 Å². The molecule has 6 rings (SSSR count). The quantitative estimate of drug-likeness (QED) is 0.662. The molecule has 2 nitrogen and oxygen atoms in total. The molecule has 2 N–H and O–H groups in total. The number of phenols is 1. The lowest BCUT2D eigenvalue weighted by Crippen LogP contribution is -2.43. The lowest BCUT2D eigenvalue weighted by molar-refractivity contribution is -0.00353. The van der Waals surface area contributed by atoms with Crippen LogP contribution in [0, 0.1) is 23.7 Å². The van der Waals surface area contributed by atoms with Crippen LogP contribution in [-0.4, -0.2) is 10.2 Å². The number of hydrogen-bond acceptors (Lipinski definition) is 2. The van der Waals surface area contributed by atoms with E-state index in [2.05, 4.69) is 34.1 Å². The van der Waals surface area contributed by atoms with Gasteiger partial charge < -0.3 is 10.2 Å². The second-order valence-electron chi connectivity index (χ2n) is 8.69. The summed E-state index contributed by atoms with van der Waals surface area (Å²) in [4.78, 5) is 0. The molecular formula is C23H25BrO2. The predicted molar refractivity (Wildman–Crippen MR) is 107 cm³/mol. The van der Waals surface area contributed by atoms with Crippen molar-refractivity contribution in [1.82, 2.24) is 0 Å². The van der Waals surface area contributed by atoms with Crippen molar-refractivity contribution in [3.05, 3.63) is 52.0 Å². The van der Waals surface area contributed by atoms with Crippen molar-refractivity contribution in [2.24, 2.45) is 23.7 Å². The summed E-state index contributed by atoms with van der Waals surface area (Å²) in [6.45, 7) is -0.115. The molecule has 0 saturated heterocycles. The monoisotopic (exact) mass is 412 g/mol. The third kappa shape index (κ3) is 2.71. The maximum atomic E-state index is 10.9. The summed E-state index contributed by atoms with van der Waals surface area (Å²) < 4.78 is 1.06. The minimum absolute atomic E-state index is 0.115. The molecule has 0 amide bonds. The Labute approximate surface area is 163 Å². The first-order valence-electron chi connectivity index (χ1n) is 9.85. The molecule has 4 bridgehead atoms. The lowest BCUT2D eigenvalue weighted by atomic mass is 9.50. The molecular weight excluding hydrogens is 388 g/mol. The van der Waals surface area contributed by atoms with Crippen LogP contribution in [0.3, 0.4) is 0 Å². The van der Waals surface area contributed by atoms with Crippen LogP contribution >= 0.6 is 15.9 Å². The first-order chi connectivity index (χ1) is 12.6. The predicted octanol–water partition coefficient (Wildman–Crippen LogP) is 5.85. The third-order valence-corrected chi connectivity index (χ3v) is 7.68. The Morgan fingerprint density at radius 1 is 0.846 bits per heavy atom. The minimum atomic E-state index is -0.115. The van der Waals surface area contributed by atoms with Gasteiger partial charge in [0.15, 0.2) is 0 Å². The zero-order chi connectivity index (χ0) is 17.8. The summed E-state index contributed by atoms with van der Waals surface area (Å²) in [6.07, 6.45) is 6.75. The van der Waals surface area contributed by atoms with E-state index < -0.39 is 0 Å². The van der Waals surface area contributed by atoms with Gasteiger partial charge in [0.25, 0.3) is 0 Å². The number of aliphatic hydroxyl groups is 1. The second kappa shape index (κ2) is 6.38. The smallest absolute Gasteiger partial charge is 0.124 e. The first kappa shape index (κ1) is 16.8. The van der Waals surface area contributed by atoms with Gasteiger partial charge in [-0.3, -0.25) is 0 Å². The van der Waals surface area contributed by atoms with Crippen molar-refractivity contribution in [2.45, 2.75) is 44.6 Å². The van der Waals surface area contributed by atoms with Crippen LogP contribution in [0.2, 0.25) is 0 Å². The molecule has 0 aromatic heterocycles. The van der Waals surface area contributed by atoms with Crippen molar-refractivity contribution in [1.29, 1.82) is 0 Å². The summed E-state index contributed by atoms with van der Waals surface area (Å²) in [5, 5.41) is 20.8. The fourth-order valence-electron chi connectivity index (χ4n) is 6.34. The molecule has 2 aromatic carbocycles. The molecule has 136 valence electrons. The van der Waals surface area contributed by atoms with Gasteiger partial charge in [0, 0.05) is 10.0 Å². The van der Waals surface area contributed by atoms with Gasteiger partial charge in [0.1, 0.15) is 5.75 Å². The average molecular weight is 413 g/mol. The molecule has 3 heteroatoms. The fraction of sp³-hybridized carbons (Fsp3) is 0.478. The van der Waals surface area contributed by atoms with E-state index in [9.17, 15) is 10.2 Å². The lowest BCUT2D eigenvalue weighted by Gasteiger charge is -2.54. The van der Waals surface area contributed by atoms with Gasteiger partial charge in [-0.25, -0.2) is 0 Å². The van der Waals surface area contributed by atoms with Gasteiger partial charge in [-0.15, -0.1) is 0 Å². The molecule has 2 aromatic rings. The largest absolute Gasteiger partial charge is 0.507 e. The van der Waals surface area contributed by atoms with Crippen molar-refractivity contribution in [3.63, 3.8) is 0 Å². The molecule has 0 heterocycles.